The Balaban J connectivity index is 1.88. The van der Waals surface area contributed by atoms with E-state index >= 15 is 0 Å². The summed E-state index contributed by atoms with van der Waals surface area (Å²) in [5.74, 6) is -1.64. The summed E-state index contributed by atoms with van der Waals surface area (Å²) in [6.07, 6.45) is 1.70. The first-order valence-corrected chi connectivity index (χ1v) is 9.11. The van der Waals surface area contributed by atoms with E-state index in [9.17, 15) is 14.7 Å². The fourth-order valence-corrected chi connectivity index (χ4v) is 3.35. The van der Waals surface area contributed by atoms with Crippen LogP contribution < -0.4 is 5.32 Å². The van der Waals surface area contributed by atoms with Crippen LogP contribution in [0.15, 0.2) is 54.2 Å². The molecule has 1 heterocycles. The Labute approximate surface area is 171 Å². The monoisotopic (exact) mass is 420 g/mol. The summed E-state index contributed by atoms with van der Waals surface area (Å²) in [7, 11) is 0. The van der Waals surface area contributed by atoms with Gasteiger partial charge in [-0.05, 0) is 41.6 Å². The number of carbonyl (C=O) groups is 2. The van der Waals surface area contributed by atoms with E-state index < -0.39 is 17.9 Å². The van der Waals surface area contributed by atoms with Crippen LogP contribution in [0.2, 0.25) is 10.0 Å². The lowest BCUT2D eigenvalue weighted by atomic mass is 10.0. The molecule has 0 aliphatic carbocycles. The smallest absolute Gasteiger partial charge is 0.327 e. The number of carboxylic acids is 1. The van der Waals surface area contributed by atoms with Crippen LogP contribution in [0.3, 0.4) is 0 Å². The standard InChI is InChI=1S/C19H14Cl2N2O3S/c20-13-7-6-12(8-14(13)21)9-15-17(24)23(19(27)22-15)16(18(25)26)10-11-4-2-1-3-5-11/h1-9,16H,10H2,(H,22,27)(H,25,26)/b15-9+. The molecule has 1 fully saturated rings. The van der Waals surface area contributed by atoms with Gasteiger partial charge in [0.1, 0.15) is 11.7 Å². The van der Waals surface area contributed by atoms with Crippen LogP contribution in [0.5, 0.6) is 0 Å². The Morgan fingerprint density at radius 2 is 1.89 bits per heavy atom. The van der Waals surface area contributed by atoms with Gasteiger partial charge in [-0.15, -0.1) is 0 Å². The number of carbonyl (C=O) groups excluding carboxylic acids is 1. The molecule has 2 aromatic rings. The molecule has 1 aliphatic rings. The third-order valence-electron chi connectivity index (χ3n) is 4.03. The average Bonchev–Trinajstić information content (AvgIpc) is 2.90. The summed E-state index contributed by atoms with van der Waals surface area (Å²) in [6, 6.07) is 12.9. The van der Waals surface area contributed by atoms with Crippen LogP contribution in [-0.2, 0) is 16.0 Å². The SMILES string of the molecule is O=C(O)C(Cc1ccccc1)N1C(=O)/C(=C\c2ccc(Cl)c(Cl)c2)NC1=S. The van der Waals surface area contributed by atoms with Crippen molar-refractivity contribution in [2.45, 2.75) is 12.5 Å². The normalized spacial score (nSPS) is 16.5. The van der Waals surface area contributed by atoms with Gasteiger partial charge in [0.25, 0.3) is 5.91 Å². The Hall–Kier alpha value is -2.41. The summed E-state index contributed by atoms with van der Waals surface area (Å²) >= 11 is 17.1. The maximum absolute atomic E-state index is 12.8. The lowest BCUT2D eigenvalue weighted by molar-refractivity contribution is -0.145. The maximum Gasteiger partial charge on any atom is 0.327 e. The summed E-state index contributed by atoms with van der Waals surface area (Å²) in [5.41, 5.74) is 1.61. The number of carboxylic acid groups (broad SMARTS) is 1. The van der Waals surface area contributed by atoms with Crippen LogP contribution in [-0.4, -0.2) is 33.0 Å². The van der Waals surface area contributed by atoms with Gasteiger partial charge in [0.2, 0.25) is 0 Å². The Morgan fingerprint density at radius 3 is 2.52 bits per heavy atom. The van der Waals surface area contributed by atoms with E-state index in [0.29, 0.717) is 15.6 Å². The number of halogens is 2. The zero-order valence-electron chi connectivity index (χ0n) is 13.9. The number of nitrogens with one attached hydrogen (secondary N) is 1. The predicted molar refractivity (Wildman–Crippen MR) is 109 cm³/mol. The molecular formula is C19H14Cl2N2O3S. The Bertz CT molecular complexity index is 947. The second-order valence-electron chi connectivity index (χ2n) is 5.88. The van der Waals surface area contributed by atoms with E-state index in [0.717, 1.165) is 10.5 Å². The van der Waals surface area contributed by atoms with E-state index in [1.165, 1.54) is 0 Å². The molecule has 0 bridgehead atoms. The first-order chi connectivity index (χ1) is 12.9. The van der Waals surface area contributed by atoms with Crippen molar-refractivity contribution in [1.82, 2.24) is 10.2 Å². The zero-order valence-corrected chi connectivity index (χ0v) is 16.2. The molecule has 27 heavy (non-hydrogen) atoms. The fourth-order valence-electron chi connectivity index (χ4n) is 2.73. The number of rotatable bonds is 5. The minimum absolute atomic E-state index is 0.0506. The van der Waals surface area contributed by atoms with Crippen LogP contribution >= 0.6 is 35.4 Å². The molecule has 5 nitrogen and oxygen atoms in total. The van der Waals surface area contributed by atoms with Gasteiger partial charge in [0.15, 0.2) is 5.11 Å². The molecule has 2 N–H and O–H groups in total. The van der Waals surface area contributed by atoms with Gasteiger partial charge >= 0.3 is 5.97 Å². The van der Waals surface area contributed by atoms with E-state index in [1.54, 1.807) is 36.4 Å². The molecule has 0 saturated carbocycles. The van der Waals surface area contributed by atoms with Crippen molar-refractivity contribution < 1.29 is 14.7 Å². The Morgan fingerprint density at radius 1 is 1.19 bits per heavy atom. The van der Waals surface area contributed by atoms with E-state index in [2.05, 4.69) is 5.32 Å². The second kappa shape index (κ2) is 8.08. The fraction of sp³-hybridized carbons (Fsp3) is 0.105. The molecule has 1 atom stereocenters. The summed E-state index contributed by atoms with van der Waals surface area (Å²) < 4.78 is 0. The molecule has 1 aliphatic heterocycles. The third kappa shape index (κ3) is 4.30. The molecule has 0 aromatic heterocycles. The van der Waals surface area contributed by atoms with Crippen molar-refractivity contribution >= 4 is 58.5 Å². The second-order valence-corrected chi connectivity index (χ2v) is 7.08. The van der Waals surface area contributed by atoms with E-state index in [1.807, 2.05) is 18.2 Å². The van der Waals surface area contributed by atoms with Crippen molar-refractivity contribution in [3.8, 4) is 0 Å². The van der Waals surface area contributed by atoms with E-state index in [-0.39, 0.29) is 17.2 Å². The minimum Gasteiger partial charge on any atom is -0.480 e. The topological polar surface area (TPSA) is 69.6 Å². The minimum atomic E-state index is -1.13. The van der Waals surface area contributed by atoms with Crippen molar-refractivity contribution in [1.29, 1.82) is 0 Å². The number of thiocarbonyl (C=S) groups is 1. The maximum atomic E-state index is 12.8. The highest BCUT2D eigenvalue weighted by Crippen LogP contribution is 2.25. The van der Waals surface area contributed by atoms with Gasteiger partial charge in [-0.25, -0.2) is 4.79 Å². The van der Waals surface area contributed by atoms with Crippen LogP contribution in [0.4, 0.5) is 0 Å². The molecule has 138 valence electrons. The van der Waals surface area contributed by atoms with Crippen LogP contribution in [0.1, 0.15) is 11.1 Å². The predicted octanol–water partition coefficient (Wildman–Crippen LogP) is 3.75. The third-order valence-corrected chi connectivity index (χ3v) is 5.07. The number of benzene rings is 2. The van der Waals surface area contributed by atoms with Crippen molar-refractivity contribution in [3.05, 3.63) is 75.4 Å². The molecule has 2 aromatic carbocycles. The van der Waals surface area contributed by atoms with Gasteiger partial charge in [0, 0.05) is 6.42 Å². The van der Waals surface area contributed by atoms with Gasteiger partial charge in [-0.1, -0.05) is 59.6 Å². The van der Waals surface area contributed by atoms with Crippen molar-refractivity contribution in [2.75, 3.05) is 0 Å². The number of nitrogens with zero attached hydrogens (tertiary/aromatic N) is 1. The van der Waals surface area contributed by atoms with Gasteiger partial charge in [-0.3, -0.25) is 9.69 Å². The molecule has 3 rings (SSSR count). The highest BCUT2D eigenvalue weighted by atomic mass is 35.5. The molecule has 0 spiro atoms. The van der Waals surface area contributed by atoms with Gasteiger partial charge < -0.3 is 10.4 Å². The van der Waals surface area contributed by atoms with Crippen molar-refractivity contribution in [3.63, 3.8) is 0 Å². The zero-order chi connectivity index (χ0) is 19.6. The molecule has 8 heteroatoms. The lowest BCUT2D eigenvalue weighted by Gasteiger charge is -2.22. The first kappa shape index (κ1) is 19.4. The quantitative estimate of drug-likeness (QED) is 0.569. The first-order valence-electron chi connectivity index (χ1n) is 7.95. The highest BCUT2D eigenvalue weighted by molar-refractivity contribution is 7.80. The van der Waals surface area contributed by atoms with Gasteiger partial charge in [0.05, 0.1) is 10.0 Å². The number of hydrogen-bond acceptors (Lipinski definition) is 3. The highest BCUT2D eigenvalue weighted by Gasteiger charge is 2.39. The van der Waals surface area contributed by atoms with Crippen molar-refractivity contribution in [2.24, 2.45) is 0 Å². The summed E-state index contributed by atoms with van der Waals surface area (Å²) in [6.45, 7) is 0. The molecule has 1 saturated heterocycles. The Kier molecular flexibility index (Phi) is 5.79. The van der Waals surface area contributed by atoms with E-state index in [4.69, 9.17) is 35.4 Å². The van der Waals surface area contributed by atoms with Crippen LogP contribution in [0, 0.1) is 0 Å². The number of aliphatic carboxylic acids is 1. The molecule has 1 amide bonds. The summed E-state index contributed by atoms with van der Waals surface area (Å²) in [4.78, 5) is 25.7. The number of amides is 1. The summed E-state index contributed by atoms with van der Waals surface area (Å²) in [5, 5.41) is 13.2. The molecular weight excluding hydrogens is 407 g/mol. The molecule has 0 radical (unpaired) electrons. The van der Waals surface area contributed by atoms with Crippen LogP contribution in [0.25, 0.3) is 6.08 Å². The number of hydrogen-bond donors (Lipinski definition) is 2. The molecule has 1 unspecified atom stereocenters. The van der Waals surface area contributed by atoms with Gasteiger partial charge in [-0.2, -0.15) is 0 Å². The lowest BCUT2D eigenvalue weighted by Crippen LogP contribution is -2.46. The largest absolute Gasteiger partial charge is 0.480 e. The average molecular weight is 421 g/mol.